The lowest BCUT2D eigenvalue weighted by molar-refractivity contribution is -0.117. The molecule has 186 valence electrons. The Morgan fingerprint density at radius 3 is 2.47 bits per heavy atom. The number of hydrogen-bond acceptors (Lipinski definition) is 7. The third-order valence-corrected chi connectivity index (χ3v) is 6.08. The minimum Gasteiger partial charge on any atom is -0.383 e. The summed E-state index contributed by atoms with van der Waals surface area (Å²) < 4.78 is 6.81. The molecule has 4 rings (SSSR count). The van der Waals surface area contributed by atoms with Gasteiger partial charge in [0.1, 0.15) is 22.8 Å². The SMILES string of the molecule is Cc1ccc(-c2cc(NC(=O)C(C)c3ccc(-c4nn(C(C)C)c(N)c4C(N)=O)nc3)on2)c(Cl)c1. The van der Waals surface area contributed by atoms with Crippen LogP contribution in [0, 0.1) is 6.92 Å². The van der Waals surface area contributed by atoms with Gasteiger partial charge in [0.15, 0.2) is 0 Å². The summed E-state index contributed by atoms with van der Waals surface area (Å²) in [5.41, 5.74) is 15.3. The number of rotatable bonds is 7. The van der Waals surface area contributed by atoms with Crippen LogP contribution in [0.2, 0.25) is 5.02 Å². The number of pyridine rings is 1. The smallest absolute Gasteiger partial charge is 0.254 e. The monoisotopic (exact) mass is 507 g/mol. The zero-order valence-electron chi connectivity index (χ0n) is 20.2. The lowest BCUT2D eigenvalue weighted by Gasteiger charge is -2.11. The number of aryl methyl sites for hydroxylation is 1. The largest absolute Gasteiger partial charge is 0.383 e. The average molecular weight is 508 g/mol. The zero-order chi connectivity index (χ0) is 26.1. The Balaban J connectivity index is 1.51. The molecule has 0 saturated carbocycles. The topological polar surface area (TPSA) is 155 Å². The number of nitrogens with zero attached hydrogens (tertiary/aromatic N) is 4. The highest BCUT2D eigenvalue weighted by Gasteiger charge is 2.24. The summed E-state index contributed by atoms with van der Waals surface area (Å²) in [5.74, 6) is -1.18. The molecule has 0 spiro atoms. The van der Waals surface area contributed by atoms with Crippen LogP contribution in [0.15, 0.2) is 47.1 Å². The first kappa shape index (κ1) is 24.9. The molecule has 0 bridgehead atoms. The number of nitrogens with two attached hydrogens (primary N) is 2. The highest BCUT2D eigenvalue weighted by molar-refractivity contribution is 6.33. The molecule has 0 fully saturated rings. The van der Waals surface area contributed by atoms with Crippen molar-refractivity contribution in [2.24, 2.45) is 5.73 Å². The van der Waals surface area contributed by atoms with E-state index in [0.717, 1.165) is 5.56 Å². The molecule has 36 heavy (non-hydrogen) atoms. The molecule has 3 aromatic heterocycles. The van der Waals surface area contributed by atoms with E-state index >= 15 is 0 Å². The Morgan fingerprint density at radius 1 is 1.11 bits per heavy atom. The molecule has 5 N–H and O–H groups in total. The molecule has 0 aliphatic carbocycles. The van der Waals surface area contributed by atoms with Gasteiger partial charge in [0.25, 0.3) is 5.91 Å². The van der Waals surface area contributed by atoms with Gasteiger partial charge in [-0.2, -0.15) is 5.10 Å². The number of carbonyl (C=O) groups is 2. The van der Waals surface area contributed by atoms with Crippen LogP contribution in [0.5, 0.6) is 0 Å². The summed E-state index contributed by atoms with van der Waals surface area (Å²) in [6, 6.07) is 10.5. The number of benzene rings is 1. The predicted octanol–water partition coefficient (Wildman–Crippen LogP) is 4.57. The Morgan fingerprint density at radius 2 is 1.86 bits per heavy atom. The molecular formula is C25H26ClN7O3. The van der Waals surface area contributed by atoms with Gasteiger partial charge in [-0.1, -0.05) is 35.0 Å². The summed E-state index contributed by atoms with van der Waals surface area (Å²) in [6.07, 6.45) is 1.55. The number of halogens is 1. The van der Waals surface area contributed by atoms with E-state index in [-0.39, 0.29) is 29.2 Å². The van der Waals surface area contributed by atoms with Crippen LogP contribution in [0.4, 0.5) is 11.7 Å². The zero-order valence-corrected chi connectivity index (χ0v) is 21.0. The number of nitrogens with one attached hydrogen (secondary N) is 1. The van der Waals surface area contributed by atoms with Crippen molar-refractivity contribution in [3.05, 3.63) is 64.3 Å². The van der Waals surface area contributed by atoms with Gasteiger partial charge in [-0.05, 0) is 51.0 Å². The number of aromatic nitrogens is 4. The van der Waals surface area contributed by atoms with Crippen molar-refractivity contribution < 1.29 is 14.1 Å². The molecule has 0 radical (unpaired) electrons. The van der Waals surface area contributed by atoms with E-state index in [1.807, 2.05) is 39.0 Å². The highest BCUT2D eigenvalue weighted by Crippen LogP contribution is 2.31. The Hall–Kier alpha value is -4.18. The number of primary amides is 1. The number of hydrogen-bond donors (Lipinski definition) is 3. The first-order valence-electron chi connectivity index (χ1n) is 11.2. The molecule has 2 amide bonds. The van der Waals surface area contributed by atoms with Crippen molar-refractivity contribution >= 4 is 35.1 Å². The van der Waals surface area contributed by atoms with Gasteiger partial charge in [0.2, 0.25) is 11.8 Å². The maximum Gasteiger partial charge on any atom is 0.254 e. The molecule has 0 aliphatic rings. The molecule has 1 atom stereocenters. The van der Waals surface area contributed by atoms with Crippen LogP contribution < -0.4 is 16.8 Å². The maximum absolute atomic E-state index is 12.8. The predicted molar refractivity (Wildman–Crippen MR) is 138 cm³/mol. The lowest BCUT2D eigenvalue weighted by atomic mass is 10.0. The van der Waals surface area contributed by atoms with E-state index < -0.39 is 11.8 Å². The van der Waals surface area contributed by atoms with Crippen LogP contribution >= 0.6 is 11.6 Å². The first-order valence-corrected chi connectivity index (χ1v) is 11.6. The van der Waals surface area contributed by atoms with E-state index in [1.54, 1.807) is 31.3 Å². The average Bonchev–Trinajstić information content (AvgIpc) is 3.43. The summed E-state index contributed by atoms with van der Waals surface area (Å²) >= 11 is 6.30. The second kappa shape index (κ2) is 9.82. The van der Waals surface area contributed by atoms with Crippen molar-refractivity contribution in [3.63, 3.8) is 0 Å². The van der Waals surface area contributed by atoms with Crippen molar-refractivity contribution in [1.29, 1.82) is 0 Å². The van der Waals surface area contributed by atoms with Crippen LogP contribution in [-0.2, 0) is 4.79 Å². The Kier molecular flexibility index (Phi) is 6.80. The van der Waals surface area contributed by atoms with Gasteiger partial charge in [-0.25, -0.2) is 4.68 Å². The van der Waals surface area contributed by atoms with Gasteiger partial charge < -0.3 is 16.0 Å². The number of carbonyl (C=O) groups excluding carboxylic acids is 2. The minimum atomic E-state index is -0.689. The van der Waals surface area contributed by atoms with Gasteiger partial charge in [-0.15, -0.1) is 0 Å². The van der Waals surface area contributed by atoms with Gasteiger partial charge in [0.05, 0.1) is 16.6 Å². The number of anilines is 2. The fraction of sp³-hybridized carbons (Fsp3) is 0.240. The molecule has 11 heteroatoms. The van der Waals surface area contributed by atoms with Crippen LogP contribution in [-0.4, -0.2) is 31.7 Å². The van der Waals surface area contributed by atoms with Crippen LogP contribution in [0.3, 0.4) is 0 Å². The van der Waals surface area contributed by atoms with Crippen molar-refractivity contribution in [2.45, 2.75) is 39.7 Å². The summed E-state index contributed by atoms with van der Waals surface area (Å²) in [4.78, 5) is 29.3. The third kappa shape index (κ3) is 4.80. The minimum absolute atomic E-state index is 0.0709. The van der Waals surface area contributed by atoms with E-state index in [2.05, 4.69) is 20.6 Å². The standard InChI is InChI=1S/C25H26ClN7O3/c1-12(2)33-23(27)21(24(28)34)22(31-33)18-8-6-15(11-29-18)14(4)25(35)30-20-10-19(32-36-20)16-7-5-13(3)9-17(16)26/h5-12,14H,27H2,1-4H3,(H2,28,34)(H,30,35). The molecular weight excluding hydrogens is 482 g/mol. The Labute approximate surface area is 212 Å². The quantitative estimate of drug-likeness (QED) is 0.331. The van der Waals surface area contributed by atoms with Gasteiger partial charge in [-0.3, -0.25) is 19.9 Å². The first-order chi connectivity index (χ1) is 17.1. The van der Waals surface area contributed by atoms with Crippen LogP contribution in [0.25, 0.3) is 22.6 Å². The fourth-order valence-corrected chi connectivity index (χ4v) is 4.07. The van der Waals surface area contributed by atoms with E-state index in [4.69, 9.17) is 27.6 Å². The molecule has 3 heterocycles. The van der Waals surface area contributed by atoms with E-state index in [0.29, 0.717) is 33.2 Å². The van der Waals surface area contributed by atoms with E-state index in [9.17, 15) is 9.59 Å². The second-order valence-electron chi connectivity index (χ2n) is 8.76. The molecule has 4 aromatic rings. The van der Waals surface area contributed by atoms with E-state index in [1.165, 1.54) is 4.68 Å². The van der Waals surface area contributed by atoms with Crippen molar-refractivity contribution in [1.82, 2.24) is 19.9 Å². The van der Waals surface area contributed by atoms with Crippen LogP contribution in [0.1, 0.15) is 54.2 Å². The maximum atomic E-state index is 12.8. The molecule has 1 aromatic carbocycles. The van der Waals surface area contributed by atoms with Gasteiger partial charge >= 0.3 is 0 Å². The second-order valence-corrected chi connectivity index (χ2v) is 9.17. The normalized spacial score (nSPS) is 12.1. The summed E-state index contributed by atoms with van der Waals surface area (Å²) in [5, 5.41) is 11.7. The number of amides is 2. The highest BCUT2D eigenvalue weighted by atomic mass is 35.5. The van der Waals surface area contributed by atoms with Crippen molar-refractivity contribution in [3.8, 4) is 22.6 Å². The molecule has 1 unspecified atom stereocenters. The summed E-state index contributed by atoms with van der Waals surface area (Å²) in [7, 11) is 0. The molecule has 0 saturated heterocycles. The lowest BCUT2D eigenvalue weighted by Crippen LogP contribution is -2.18. The fourth-order valence-electron chi connectivity index (χ4n) is 3.73. The Bertz CT molecular complexity index is 1440. The molecule has 0 aliphatic heterocycles. The van der Waals surface area contributed by atoms with Crippen molar-refractivity contribution in [2.75, 3.05) is 11.1 Å². The third-order valence-electron chi connectivity index (χ3n) is 5.76. The molecule has 10 nitrogen and oxygen atoms in total. The van der Waals surface area contributed by atoms with Gasteiger partial charge in [0, 0.05) is 23.9 Å². The number of nitrogen functional groups attached to an aromatic ring is 1. The summed E-state index contributed by atoms with van der Waals surface area (Å²) in [6.45, 7) is 7.46.